The van der Waals surface area contributed by atoms with Crippen LogP contribution in [0.25, 0.3) is 0 Å². The summed E-state index contributed by atoms with van der Waals surface area (Å²) < 4.78 is 24.9. The Labute approximate surface area is 87.2 Å². The quantitative estimate of drug-likeness (QED) is 0.608. The van der Waals surface area contributed by atoms with Crippen LogP contribution in [0.1, 0.15) is 13.8 Å². The third-order valence-corrected chi connectivity index (χ3v) is 3.78. The van der Waals surface area contributed by atoms with E-state index in [1.165, 1.54) is 4.31 Å². The molecule has 0 unspecified atom stereocenters. The maximum atomic E-state index is 11.8. The molecule has 0 rings (SSSR count). The number of hydrogen-bond donors (Lipinski definition) is 0. The maximum Gasteiger partial charge on any atom is 0.214 e. The molecule has 82 valence electrons. The Kier molecular flexibility index (Phi) is 5.72. The molecule has 0 aliphatic carbocycles. The van der Waals surface area contributed by atoms with Crippen LogP contribution in [0, 0.1) is 5.92 Å². The summed E-state index contributed by atoms with van der Waals surface area (Å²) in [6.07, 6.45) is 3.17. The molecule has 0 aliphatic rings. The maximum absolute atomic E-state index is 11.8. The minimum Gasteiger partial charge on any atom is -0.212 e. The van der Waals surface area contributed by atoms with Crippen LogP contribution in [0.4, 0.5) is 0 Å². The van der Waals surface area contributed by atoms with Crippen LogP contribution in [0.15, 0.2) is 25.3 Å². The van der Waals surface area contributed by atoms with Crippen molar-refractivity contribution in [3.63, 3.8) is 0 Å². The van der Waals surface area contributed by atoms with Gasteiger partial charge in [-0.15, -0.1) is 13.2 Å². The molecule has 4 heteroatoms. The van der Waals surface area contributed by atoms with Crippen molar-refractivity contribution in [1.29, 1.82) is 0 Å². The molecule has 0 spiro atoms. The number of sulfonamides is 1. The van der Waals surface area contributed by atoms with Gasteiger partial charge in [0.05, 0.1) is 5.75 Å². The fourth-order valence-electron chi connectivity index (χ4n) is 1.12. The number of nitrogens with zero attached hydrogens (tertiary/aromatic N) is 1. The summed E-state index contributed by atoms with van der Waals surface area (Å²) in [7, 11) is -3.16. The lowest BCUT2D eigenvalue weighted by Gasteiger charge is -2.19. The molecule has 0 aromatic heterocycles. The summed E-state index contributed by atoms with van der Waals surface area (Å²) >= 11 is 0. The lowest BCUT2D eigenvalue weighted by Crippen LogP contribution is -2.34. The summed E-state index contributed by atoms with van der Waals surface area (Å²) in [5, 5.41) is 0. The highest BCUT2D eigenvalue weighted by molar-refractivity contribution is 7.89. The Balaban J connectivity index is 4.61. The molecule has 0 aliphatic heterocycles. The largest absolute Gasteiger partial charge is 0.214 e. The van der Waals surface area contributed by atoms with Gasteiger partial charge in [-0.3, -0.25) is 0 Å². The van der Waals surface area contributed by atoms with E-state index in [1.807, 2.05) is 13.8 Å². The van der Waals surface area contributed by atoms with Crippen molar-refractivity contribution in [2.45, 2.75) is 13.8 Å². The van der Waals surface area contributed by atoms with Gasteiger partial charge < -0.3 is 0 Å². The van der Waals surface area contributed by atoms with Gasteiger partial charge >= 0.3 is 0 Å². The van der Waals surface area contributed by atoms with Gasteiger partial charge in [0.25, 0.3) is 0 Å². The topological polar surface area (TPSA) is 37.4 Å². The second-order valence-corrected chi connectivity index (χ2v) is 5.58. The van der Waals surface area contributed by atoms with Crippen LogP contribution >= 0.6 is 0 Å². The predicted octanol–water partition coefficient (Wildman–Crippen LogP) is 1.65. The normalized spacial score (nSPS) is 12.0. The molecule has 0 N–H and O–H groups in total. The fraction of sp³-hybridized carbons (Fsp3) is 0.600. The molecule has 0 aromatic rings. The fourth-order valence-corrected chi connectivity index (χ4v) is 2.83. The second kappa shape index (κ2) is 5.98. The standard InChI is InChI=1S/C10H19NO2S/c1-5-7-11(8-6-2)14(12,13)9-10(3)4/h5-6,10H,1-2,7-9H2,3-4H3. The van der Waals surface area contributed by atoms with Crippen molar-refractivity contribution >= 4 is 10.0 Å². The van der Waals surface area contributed by atoms with Gasteiger partial charge in [-0.25, -0.2) is 8.42 Å². The molecule has 0 bridgehead atoms. The summed E-state index contributed by atoms with van der Waals surface area (Å²) in [4.78, 5) is 0. The third kappa shape index (κ3) is 4.58. The molecule has 0 radical (unpaired) electrons. The van der Waals surface area contributed by atoms with Gasteiger partial charge in [0.15, 0.2) is 0 Å². The van der Waals surface area contributed by atoms with Crippen LogP contribution in [-0.2, 0) is 10.0 Å². The van der Waals surface area contributed by atoms with Gasteiger partial charge in [0.1, 0.15) is 0 Å². The average Bonchev–Trinajstić information content (AvgIpc) is 2.01. The van der Waals surface area contributed by atoms with Crippen molar-refractivity contribution in [2.24, 2.45) is 5.92 Å². The zero-order valence-corrected chi connectivity index (χ0v) is 9.76. The molecule has 0 fully saturated rings. The van der Waals surface area contributed by atoms with Crippen molar-refractivity contribution in [2.75, 3.05) is 18.8 Å². The highest BCUT2D eigenvalue weighted by Gasteiger charge is 2.20. The third-order valence-electron chi connectivity index (χ3n) is 1.60. The summed E-state index contributed by atoms with van der Waals surface area (Å²) in [5.41, 5.74) is 0. The molecule has 0 heterocycles. The van der Waals surface area contributed by atoms with Crippen LogP contribution in [0.5, 0.6) is 0 Å². The Morgan fingerprint density at radius 1 is 1.21 bits per heavy atom. The molecule has 3 nitrogen and oxygen atoms in total. The second-order valence-electron chi connectivity index (χ2n) is 3.57. The molecular formula is C10H19NO2S. The molecule has 0 amide bonds. The Bertz CT molecular complexity index is 270. The van der Waals surface area contributed by atoms with Gasteiger partial charge in [-0.05, 0) is 5.92 Å². The SMILES string of the molecule is C=CCN(CC=C)S(=O)(=O)CC(C)C. The Morgan fingerprint density at radius 2 is 1.64 bits per heavy atom. The first kappa shape index (κ1) is 13.4. The lowest BCUT2D eigenvalue weighted by molar-refractivity contribution is 0.467. The Morgan fingerprint density at radius 3 is 1.93 bits per heavy atom. The van der Waals surface area contributed by atoms with Crippen molar-refractivity contribution in [3.05, 3.63) is 25.3 Å². The minimum absolute atomic E-state index is 0.136. The average molecular weight is 217 g/mol. The zero-order chi connectivity index (χ0) is 11.2. The van der Waals surface area contributed by atoms with E-state index in [1.54, 1.807) is 12.2 Å². The van der Waals surface area contributed by atoms with Gasteiger partial charge in [-0.2, -0.15) is 4.31 Å². The summed E-state index contributed by atoms with van der Waals surface area (Å²) in [6, 6.07) is 0. The molecule has 14 heavy (non-hydrogen) atoms. The highest BCUT2D eigenvalue weighted by Crippen LogP contribution is 2.07. The van der Waals surface area contributed by atoms with E-state index in [9.17, 15) is 8.42 Å². The number of rotatable bonds is 7. The Hall–Kier alpha value is -0.610. The van der Waals surface area contributed by atoms with Gasteiger partial charge in [-0.1, -0.05) is 26.0 Å². The van der Waals surface area contributed by atoms with Crippen molar-refractivity contribution in [3.8, 4) is 0 Å². The zero-order valence-electron chi connectivity index (χ0n) is 8.94. The first-order valence-electron chi connectivity index (χ1n) is 4.63. The van der Waals surface area contributed by atoms with Gasteiger partial charge in [0, 0.05) is 13.1 Å². The lowest BCUT2D eigenvalue weighted by atomic mass is 10.3. The van der Waals surface area contributed by atoms with Crippen molar-refractivity contribution < 1.29 is 8.42 Å². The molecule has 0 saturated heterocycles. The van der Waals surface area contributed by atoms with E-state index in [0.717, 1.165) is 0 Å². The van der Waals surface area contributed by atoms with Crippen LogP contribution in [-0.4, -0.2) is 31.6 Å². The molecule has 0 saturated carbocycles. The summed E-state index contributed by atoms with van der Waals surface area (Å²) in [5.74, 6) is 0.312. The van der Waals surface area contributed by atoms with E-state index >= 15 is 0 Å². The van der Waals surface area contributed by atoms with E-state index in [-0.39, 0.29) is 11.7 Å². The monoisotopic (exact) mass is 217 g/mol. The van der Waals surface area contributed by atoms with Crippen LogP contribution in [0.2, 0.25) is 0 Å². The first-order chi connectivity index (χ1) is 6.44. The predicted molar refractivity (Wildman–Crippen MR) is 60.6 cm³/mol. The van der Waals surface area contributed by atoms with Crippen LogP contribution < -0.4 is 0 Å². The van der Waals surface area contributed by atoms with E-state index in [4.69, 9.17) is 0 Å². The minimum atomic E-state index is -3.16. The smallest absolute Gasteiger partial charge is 0.212 e. The molecule has 0 aromatic carbocycles. The molecule has 0 atom stereocenters. The van der Waals surface area contributed by atoms with Crippen LogP contribution in [0.3, 0.4) is 0 Å². The van der Waals surface area contributed by atoms with Gasteiger partial charge in [0.2, 0.25) is 10.0 Å². The first-order valence-corrected chi connectivity index (χ1v) is 6.24. The van der Waals surface area contributed by atoms with E-state index in [2.05, 4.69) is 13.2 Å². The summed E-state index contributed by atoms with van der Waals surface area (Å²) in [6.45, 7) is 11.5. The number of hydrogen-bond acceptors (Lipinski definition) is 2. The van der Waals surface area contributed by atoms with E-state index in [0.29, 0.717) is 13.1 Å². The molecular weight excluding hydrogens is 198 g/mol. The van der Waals surface area contributed by atoms with E-state index < -0.39 is 10.0 Å². The van der Waals surface area contributed by atoms with Crippen molar-refractivity contribution in [1.82, 2.24) is 4.31 Å². The highest BCUT2D eigenvalue weighted by atomic mass is 32.2.